The third-order valence-electron chi connectivity index (χ3n) is 6.27. The van der Waals surface area contributed by atoms with E-state index < -0.39 is 5.97 Å². The summed E-state index contributed by atoms with van der Waals surface area (Å²) in [5, 5.41) is 1.56. The van der Waals surface area contributed by atoms with Gasteiger partial charge in [-0.25, -0.2) is 9.18 Å². The first-order valence-corrected chi connectivity index (χ1v) is 10.9. The lowest BCUT2D eigenvalue weighted by molar-refractivity contribution is 0.0589. The van der Waals surface area contributed by atoms with Crippen LogP contribution in [0.5, 0.6) is 0 Å². The maximum Gasteiger partial charge on any atom is 0.355 e. The zero-order valence-corrected chi connectivity index (χ0v) is 19.1. The van der Waals surface area contributed by atoms with E-state index in [1.54, 1.807) is 19.2 Å². The van der Waals surface area contributed by atoms with Crippen LogP contribution in [-0.4, -0.2) is 22.2 Å². The van der Waals surface area contributed by atoms with E-state index in [0.29, 0.717) is 23.0 Å². The van der Waals surface area contributed by atoms with Crippen LogP contribution in [0.1, 0.15) is 21.6 Å². The lowest BCUT2D eigenvalue weighted by Gasteiger charge is -2.16. The molecule has 5 nitrogen and oxygen atoms in total. The molecule has 0 amide bonds. The van der Waals surface area contributed by atoms with E-state index in [4.69, 9.17) is 4.74 Å². The largest absolute Gasteiger partial charge is 0.464 e. The number of para-hydroxylation sites is 1. The second kappa shape index (κ2) is 8.30. The molecule has 0 saturated heterocycles. The summed E-state index contributed by atoms with van der Waals surface area (Å²) in [5.74, 6) is -0.890. The number of aryl methyl sites for hydroxylation is 1. The fraction of sp³-hybridized carbons (Fsp3) is 0.143. The van der Waals surface area contributed by atoms with Gasteiger partial charge < -0.3 is 13.9 Å². The Balaban J connectivity index is 1.95. The lowest BCUT2D eigenvalue weighted by Crippen LogP contribution is -2.26. The molecule has 0 aliphatic carbocycles. The van der Waals surface area contributed by atoms with Gasteiger partial charge in [0.25, 0.3) is 5.56 Å². The number of aromatic nitrogens is 2. The molecule has 0 unspecified atom stereocenters. The quantitative estimate of drug-likeness (QED) is 0.340. The number of hydrogen-bond acceptors (Lipinski definition) is 3. The molecule has 0 atom stereocenters. The van der Waals surface area contributed by atoms with Crippen LogP contribution < -0.4 is 5.56 Å². The van der Waals surface area contributed by atoms with Crippen LogP contribution in [0.3, 0.4) is 0 Å². The Labute approximate surface area is 195 Å². The molecule has 0 spiro atoms. The van der Waals surface area contributed by atoms with E-state index in [1.165, 1.54) is 23.8 Å². The first-order chi connectivity index (χ1) is 16.4. The van der Waals surface area contributed by atoms with Crippen molar-refractivity contribution in [2.75, 3.05) is 7.11 Å². The van der Waals surface area contributed by atoms with Gasteiger partial charge >= 0.3 is 5.97 Å². The van der Waals surface area contributed by atoms with Crippen molar-refractivity contribution in [3.63, 3.8) is 0 Å². The van der Waals surface area contributed by atoms with Crippen LogP contribution in [0.15, 0.2) is 77.6 Å². The van der Waals surface area contributed by atoms with Gasteiger partial charge in [0.2, 0.25) is 0 Å². The molecule has 3 aromatic carbocycles. The van der Waals surface area contributed by atoms with Gasteiger partial charge in [0.05, 0.1) is 7.11 Å². The number of methoxy groups -OCH3 is 1. The zero-order chi connectivity index (χ0) is 24.0. The first kappa shape index (κ1) is 21.6. The molecule has 0 fully saturated rings. The molecule has 2 heterocycles. The molecule has 0 N–H and O–H groups in total. The highest BCUT2D eigenvalue weighted by Gasteiger charge is 2.27. The van der Waals surface area contributed by atoms with E-state index in [0.717, 1.165) is 27.6 Å². The van der Waals surface area contributed by atoms with Crippen LogP contribution >= 0.6 is 0 Å². The van der Waals surface area contributed by atoms with E-state index in [9.17, 15) is 14.0 Å². The number of pyridine rings is 1. The number of hydrogen-bond donors (Lipinski definition) is 0. The maximum absolute atomic E-state index is 13.7. The highest BCUT2D eigenvalue weighted by Crippen LogP contribution is 2.38. The summed E-state index contributed by atoms with van der Waals surface area (Å²) < 4.78 is 21.9. The van der Waals surface area contributed by atoms with Crippen LogP contribution in [0.2, 0.25) is 0 Å². The molecule has 5 rings (SSSR count). The van der Waals surface area contributed by atoms with Crippen LogP contribution in [0.25, 0.3) is 32.9 Å². The van der Waals surface area contributed by atoms with Gasteiger partial charge in [-0.15, -0.1) is 0 Å². The molecule has 34 heavy (non-hydrogen) atoms. The average Bonchev–Trinajstić information content (AvgIpc) is 3.17. The number of halogens is 1. The number of benzene rings is 3. The zero-order valence-electron chi connectivity index (χ0n) is 19.1. The van der Waals surface area contributed by atoms with E-state index >= 15 is 0 Å². The second-order valence-corrected chi connectivity index (χ2v) is 8.40. The fourth-order valence-electron chi connectivity index (χ4n) is 4.60. The predicted molar refractivity (Wildman–Crippen MR) is 132 cm³/mol. The number of ether oxygens (including phenoxy) is 1. The predicted octanol–water partition coefficient (Wildman–Crippen LogP) is 5.44. The molecule has 6 heteroatoms. The standard InChI is InChI=1S/C28H23FN2O3/c1-17-8-12-19(13-9-17)23-24-21-6-4-5-7-22(21)31(16-18-10-14-20(29)15-11-18)25(24)27(32)30(2)26(23)28(33)34-3/h4-15H,16H2,1-3H3. The summed E-state index contributed by atoms with van der Waals surface area (Å²) in [6.45, 7) is 2.38. The van der Waals surface area contributed by atoms with Crippen LogP contribution in [0.4, 0.5) is 4.39 Å². The Morgan fingerprint density at radius 1 is 0.971 bits per heavy atom. The average molecular weight is 455 g/mol. The second-order valence-electron chi connectivity index (χ2n) is 8.40. The molecule has 0 bridgehead atoms. The van der Waals surface area contributed by atoms with Gasteiger partial charge in [0.15, 0.2) is 0 Å². The Morgan fingerprint density at radius 2 is 1.65 bits per heavy atom. The molecule has 0 radical (unpaired) electrons. The minimum atomic E-state index is -0.576. The lowest BCUT2D eigenvalue weighted by atomic mass is 9.96. The van der Waals surface area contributed by atoms with Gasteiger partial charge in [-0.2, -0.15) is 0 Å². The maximum atomic E-state index is 13.7. The van der Waals surface area contributed by atoms with E-state index in [-0.39, 0.29) is 17.1 Å². The Bertz CT molecular complexity index is 1610. The third kappa shape index (κ3) is 3.39. The summed E-state index contributed by atoms with van der Waals surface area (Å²) in [6, 6.07) is 21.8. The molecule has 2 aromatic heterocycles. The highest BCUT2D eigenvalue weighted by atomic mass is 19.1. The Kier molecular flexibility index (Phi) is 5.28. The Morgan fingerprint density at radius 3 is 2.32 bits per heavy atom. The van der Waals surface area contributed by atoms with Gasteiger partial charge in [0, 0.05) is 35.4 Å². The smallest absolute Gasteiger partial charge is 0.355 e. The number of fused-ring (bicyclic) bond motifs is 3. The molecule has 5 aromatic rings. The third-order valence-corrected chi connectivity index (χ3v) is 6.27. The fourth-order valence-corrected chi connectivity index (χ4v) is 4.60. The summed E-state index contributed by atoms with van der Waals surface area (Å²) in [6.07, 6.45) is 0. The molecular formula is C28H23FN2O3. The molecule has 170 valence electrons. The summed E-state index contributed by atoms with van der Waals surface area (Å²) >= 11 is 0. The van der Waals surface area contributed by atoms with Crippen molar-refractivity contribution < 1.29 is 13.9 Å². The van der Waals surface area contributed by atoms with Crippen molar-refractivity contribution in [1.29, 1.82) is 0 Å². The van der Waals surface area contributed by atoms with Crippen molar-refractivity contribution in [2.45, 2.75) is 13.5 Å². The van der Waals surface area contributed by atoms with Crippen molar-refractivity contribution >= 4 is 27.8 Å². The van der Waals surface area contributed by atoms with Crippen LogP contribution in [-0.2, 0) is 18.3 Å². The van der Waals surface area contributed by atoms with Crippen molar-refractivity contribution in [3.8, 4) is 11.1 Å². The summed E-state index contributed by atoms with van der Waals surface area (Å²) in [5.41, 5.74) is 4.65. The molecule has 0 aliphatic heterocycles. The summed E-state index contributed by atoms with van der Waals surface area (Å²) in [7, 11) is 2.90. The van der Waals surface area contributed by atoms with E-state index in [1.807, 2.05) is 60.0 Å². The SMILES string of the molecule is COC(=O)c1c(-c2ccc(C)cc2)c2c3ccccc3n(Cc3ccc(F)cc3)c2c(=O)n1C. The number of carbonyl (C=O) groups excluding carboxylic acids is 1. The Hall–Kier alpha value is -4.19. The molecule has 0 aliphatic rings. The number of carbonyl (C=O) groups is 1. The van der Waals surface area contributed by atoms with Gasteiger partial charge in [-0.3, -0.25) is 4.79 Å². The normalized spacial score (nSPS) is 11.3. The minimum Gasteiger partial charge on any atom is -0.464 e. The van der Waals surface area contributed by atoms with Crippen molar-refractivity contribution in [1.82, 2.24) is 9.13 Å². The minimum absolute atomic E-state index is 0.202. The first-order valence-electron chi connectivity index (χ1n) is 10.9. The van der Waals surface area contributed by atoms with Gasteiger partial charge in [0.1, 0.15) is 17.0 Å². The van der Waals surface area contributed by atoms with Crippen molar-refractivity contribution in [2.24, 2.45) is 7.05 Å². The van der Waals surface area contributed by atoms with E-state index in [2.05, 4.69) is 0 Å². The monoisotopic (exact) mass is 454 g/mol. The van der Waals surface area contributed by atoms with Gasteiger partial charge in [-0.05, 0) is 36.2 Å². The summed E-state index contributed by atoms with van der Waals surface area (Å²) in [4.78, 5) is 26.6. The number of nitrogens with zero attached hydrogens (tertiary/aromatic N) is 2. The number of rotatable bonds is 4. The highest BCUT2D eigenvalue weighted by molar-refractivity contribution is 6.18. The molecule has 0 saturated carbocycles. The van der Waals surface area contributed by atoms with Crippen LogP contribution in [0, 0.1) is 12.7 Å². The van der Waals surface area contributed by atoms with Crippen molar-refractivity contribution in [3.05, 3.63) is 106 Å². The number of esters is 1. The topological polar surface area (TPSA) is 53.2 Å². The van der Waals surface area contributed by atoms with Gasteiger partial charge in [-0.1, -0.05) is 60.2 Å². The molecular weight excluding hydrogens is 431 g/mol.